The number of urea groups is 1. The molecule has 1 unspecified atom stereocenters. The Bertz CT molecular complexity index is 701. The average Bonchev–Trinajstić information content (AvgIpc) is 3.11. The largest absolute Gasteiger partial charge is 0.336 e. The number of hydrogen-bond acceptors (Lipinski definition) is 4. The summed E-state index contributed by atoms with van der Waals surface area (Å²) in [7, 11) is 0. The number of anilines is 1. The van der Waals surface area contributed by atoms with E-state index in [4.69, 9.17) is 0 Å². The van der Waals surface area contributed by atoms with Crippen molar-refractivity contribution in [2.75, 3.05) is 11.9 Å². The molecule has 2 heterocycles. The van der Waals surface area contributed by atoms with Crippen LogP contribution in [0.5, 0.6) is 0 Å². The molecular formula is C14H13FN4O2S. The van der Waals surface area contributed by atoms with Crippen LogP contribution in [0.15, 0.2) is 30.5 Å². The van der Waals surface area contributed by atoms with Crippen LogP contribution in [0.4, 0.5) is 14.3 Å². The fourth-order valence-electron chi connectivity index (χ4n) is 2.06. The van der Waals surface area contributed by atoms with Gasteiger partial charge in [-0.15, -0.1) is 11.3 Å². The zero-order chi connectivity index (χ0) is 15.5. The van der Waals surface area contributed by atoms with Crippen molar-refractivity contribution in [3.8, 4) is 0 Å². The highest BCUT2D eigenvalue weighted by Gasteiger charge is 2.27. The summed E-state index contributed by atoms with van der Waals surface area (Å²) in [6.07, 6.45) is 2.30. The van der Waals surface area contributed by atoms with Crippen LogP contribution in [0, 0.1) is 5.82 Å². The Morgan fingerprint density at radius 3 is 2.86 bits per heavy atom. The van der Waals surface area contributed by atoms with Gasteiger partial charge >= 0.3 is 6.03 Å². The minimum absolute atomic E-state index is 0.262. The van der Waals surface area contributed by atoms with E-state index in [-0.39, 0.29) is 24.3 Å². The molecular weight excluding hydrogens is 307 g/mol. The van der Waals surface area contributed by atoms with E-state index >= 15 is 0 Å². The predicted molar refractivity (Wildman–Crippen MR) is 80.3 cm³/mol. The second kappa shape index (κ2) is 6.10. The van der Waals surface area contributed by atoms with Crippen LogP contribution in [-0.2, 0) is 11.2 Å². The second-order valence-electron chi connectivity index (χ2n) is 4.83. The Labute approximate surface area is 129 Å². The van der Waals surface area contributed by atoms with Crippen molar-refractivity contribution in [1.82, 2.24) is 15.6 Å². The van der Waals surface area contributed by atoms with Crippen molar-refractivity contribution >= 4 is 28.4 Å². The molecule has 1 aromatic heterocycles. The predicted octanol–water partition coefficient (Wildman–Crippen LogP) is 1.49. The Morgan fingerprint density at radius 2 is 2.18 bits per heavy atom. The zero-order valence-corrected chi connectivity index (χ0v) is 12.2. The molecule has 1 aliphatic heterocycles. The van der Waals surface area contributed by atoms with Gasteiger partial charge in [0.1, 0.15) is 11.9 Å². The lowest BCUT2D eigenvalue weighted by Crippen LogP contribution is -2.38. The molecule has 2 aromatic rings. The molecule has 3 N–H and O–H groups in total. The van der Waals surface area contributed by atoms with Crippen molar-refractivity contribution in [3.63, 3.8) is 0 Å². The van der Waals surface area contributed by atoms with Gasteiger partial charge in [-0.2, -0.15) is 0 Å². The molecule has 8 heteroatoms. The number of carbonyl (C=O) groups excluding carboxylic acids is 2. The number of hydrogen-bond donors (Lipinski definition) is 3. The first-order chi connectivity index (χ1) is 10.6. The highest BCUT2D eigenvalue weighted by molar-refractivity contribution is 7.15. The lowest BCUT2D eigenvalue weighted by molar-refractivity contribution is -0.117. The van der Waals surface area contributed by atoms with Gasteiger partial charge in [-0.3, -0.25) is 4.79 Å². The van der Waals surface area contributed by atoms with Crippen LogP contribution in [0.25, 0.3) is 0 Å². The maximum absolute atomic E-state index is 12.9. The Kier molecular flexibility index (Phi) is 4.01. The van der Waals surface area contributed by atoms with Crippen LogP contribution < -0.4 is 16.0 Å². The van der Waals surface area contributed by atoms with Crippen molar-refractivity contribution < 1.29 is 14.0 Å². The van der Waals surface area contributed by atoms with Crippen LogP contribution in [-0.4, -0.2) is 29.5 Å². The number of amides is 3. The molecule has 1 fully saturated rings. The molecule has 0 spiro atoms. The van der Waals surface area contributed by atoms with Gasteiger partial charge in [0.2, 0.25) is 0 Å². The molecule has 1 aliphatic rings. The summed E-state index contributed by atoms with van der Waals surface area (Å²) in [5, 5.41) is 8.17. The van der Waals surface area contributed by atoms with Gasteiger partial charge in [-0.25, -0.2) is 14.2 Å². The zero-order valence-electron chi connectivity index (χ0n) is 11.4. The number of nitrogens with one attached hydrogen (secondary N) is 3. The van der Waals surface area contributed by atoms with Gasteiger partial charge in [0.15, 0.2) is 5.13 Å². The third kappa shape index (κ3) is 3.40. The molecule has 114 valence electrons. The van der Waals surface area contributed by atoms with Crippen LogP contribution in [0.1, 0.15) is 10.4 Å². The molecule has 3 rings (SSSR count). The number of nitrogens with zero attached hydrogens (tertiary/aromatic N) is 1. The number of aromatic nitrogens is 1. The average molecular weight is 320 g/mol. The van der Waals surface area contributed by atoms with E-state index in [2.05, 4.69) is 20.9 Å². The molecule has 0 radical (unpaired) electrons. The maximum atomic E-state index is 12.9. The minimum Gasteiger partial charge on any atom is -0.336 e. The SMILES string of the molecule is O=C1NCC(C(=O)Nc2ncc(Cc3ccc(F)cc3)s2)N1. The molecule has 0 bridgehead atoms. The number of thiazole rings is 1. The Hall–Kier alpha value is -2.48. The van der Waals surface area contributed by atoms with Crippen molar-refractivity contribution in [2.45, 2.75) is 12.5 Å². The fraction of sp³-hybridized carbons (Fsp3) is 0.214. The summed E-state index contributed by atoms with van der Waals surface area (Å²) in [6, 6.07) is 5.32. The van der Waals surface area contributed by atoms with E-state index in [0.29, 0.717) is 11.6 Å². The first-order valence-corrected chi connectivity index (χ1v) is 7.46. The summed E-state index contributed by atoms with van der Waals surface area (Å²) in [4.78, 5) is 28.0. The maximum Gasteiger partial charge on any atom is 0.315 e. The van der Waals surface area contributed by atoms with Gasteiger partial charge in [0.25, 0.3) is 5.91 Å². The molecule has 6 nitrogen and oxygen atoms in total. The topological polar surface area (TPSA) is 83.1 Å². The van der Waals surface area contributed by atoms with Gasteiger partial charge in [0, 0.05) is 24.0 Å². The van der Waals surface area contributed by atoms with E-state index in [1.807, 2.05) is 0 Å². The third-order valence-electron chi connectivity index (χ3n) is 3.16. The van der Waals surface area contributed by atoms with Crippen LogP contribution >= 0.6 is 11.3 Å². The standard InChI is InChI=1S/C14H13FN4O2S/c15-9-3-1-8(2-4-9)5-10-6-17-14(22-10)19-12(20)11-7-16-13(21)18-11/h1-4,6,11H,5,7H2,(H2,16,18,21)(H,17,19,20). The normalized spacial score (nSPS) is 17.0. The first kappa shape index (κ1) is 14.5. The van der Waals surface area contributed by atoms with E-state index in [1.54, 1.807) is 18.3 Å². The quantitative estimate of drug-likeness (QED) is 0.798. The smallest absolute Gasteiger partial charge is 0.315 e. The molecule has 1 aromatic carbocycles. The Morgan fingerprint density at radius 1 is 1.41 bits per heavy atom. The second-order valence-corrected chi connectivity index (χ2v) is 5.95. The van der Waals surface area contributed by atoms with Crippen LogP contribution in [0.3, 0.4) is 0 Å². The molecule has 0 aliphatic carbocycles. The molecule has 0 saturated carbocycles. The molecule has 22 heavy (non-hydrogen) atoms. The van der Waals surface area contributed by atoms with Crippen LogP contribution in [0.2, 0.25) is 0 Å². The molecule has 1 saturated heterocycles. The van der Waals surface area contributed by atoms with Crippen molar-refractivity contribution in [3.05, 3.63) is 46.7 Å². The van der Waals surface area contributed by atoms with Crippen molar-refractivity contribution in [2.24, 2.45) is 0 Å². The van der Waals surface area contributed by atoms with Gasteiger partial charge < -0.3 is 16.0 Å². The van der Waals surface area contributed by atoms with Crippen molar-refractivity contribution in [1.29, 1.82) is 0 Å². The Balaban J connectivity index is 1.60. The highest BCUT2D eigenvalue weighted by atomic mass is 32.1. The van der Waals surface area contributed by atoms with Gasteiger partial charge in [-0.1, -0.05) is 12.1 Å². The number of halogens is 1. The monoisotopic (exact) mass is 320 g/mol. The lowest BCUT2D eigenvalue weighted by atomic mass is 10.1. The van der Waals surface area contributed by atoms with E-state index in [1.165, 1.54) is 23.5 Å². The number of rotatable bonds is 4. The van der Waals surface area contributed by atoms with E-state index in [0.717, 1.165) is 10.4 Å². The highest BCUT2D eigenvalue weighted by Crippen LogP contribution is 2.21. The van der Waals surface area contributed by atoms with Gasteiger partial charge in [0.05, 0.1) is 0 Å². The molecule has 1 atom stereocenters. The minimum atomic E-state index is -0.586. The van der Waals surface area contributed by atoms with E-state index in [9.17, 15) is 14.0 Å². The number of benzene rings is 1. The van der Waals surface area contributed by atoms with E-state index < -0.39 is 6.04 Å². The first-order valence-electron chi connectivity index (χ1n) is 6.64. The summed E-state index contributed by atoms with van der Waals surface area (Å²) in [5.74, 6) is -0.575. The number of carbonyl (C=O) groups is 2. The summed E-state index contributed by atoms with van der Waals surface area (Å²) >= 11 is 1.35. The summed E-state index contributed by atoms with van der Waals surface area (Å²) in [5.41, 5.74) is 0.968. The molecule has 3 amide bonds. The fourth-order valence-corrected chi connectivity index (χ4v) is 2.91. The summed E-state index contributed by atoms with van der Waals surface area (Å²) in [6.45, 7) is 0.262. The lowest BCUT2D eigenvalue weighted by Gasteiger charge is -2.06. The third-order valence-corrected chi connectivity index (χ3v) is 4.08. The van der Waals surface area contributed by atoms with Gasteiger partial charge in [-0.05, 0) is 17.7 Å². The summed E-state index contributed by atoms with van der Waals surface area (Å²) < 4.78 is 12.9.